The zero-order valence-electron chi connectivity index (χ0n) is 18.2. The van der Waals surface area contributed by atoms with Crippen LogP contribution in [-0.4, -0.2) is 57.0 Å². The van der Waals surface area contributed by atoms with Gasteiger partial charge in [-0.05, 0) is 25.1 Å². The van der Waals surface area contributed by atoms with Crippen LogP contribution < -0.4 is 4.90 Å². The standard InChI is InChI=1S/C22H24N6O4/c1-14(2)21-24-20(25-32-21)16-7-8-19(23-13-16)26-9-11-27(12-10-26)22(29)17-5-4-6-18(15(17)3)28(30)31/h4-8,13-14H,9-12H2,1-3H3. The average Bonchev–Trinajstić information content (AvgIpc) is 3.30. The third-order valence-corrected chi connectivity index (χ3v) is 5.56. The Balaban J connectivity index is 1.41. The highest BCUT2D eigenvalue weighted by atomic mass is 16.6. The van der Waals surface area contributed by atoms with Crippen LogP contribution in [0.1, 0.15) is 41.6 Å². The number of benzene rings is 1. The maximum Gasteiger partial charge on any atom is 0.273 e. The van der Waals surface area contributed by atoms with Gasteiger partial charge in [0.25, 0.3) is 11.6 Å². The van der Waals surface area contributed by atoms with E-state index >= 15 is 0 Å². The highest BCUT2D eigenvalue weighted by Gasteiger charge is 2.26. The van der Waals surface area contributed by atoms with Gasteiger partial charge in [0, 0.05) is 61.1 Å². The van der Waals surface area contributed by atoms with Crippen LogP contribution in [0.5, 0.6) is 0 Å². The summed E-state index contributed by atoms with van der Waals surface area (Å²) in [4.78, 5) is 36.4. The van der Waals surface area contributed by atoms with Gasteiger partial charge in [-0.15, -0.1) is 0 Å². The lowest BCUT2D eigenvalue weighted by molar-refractivity contribution is -0.385. The van der Waals surface area contributed by atoms with Gasteiger partial charge in [-0.25, -0.2) is 4.98 Å². The maximum atomic E-state index is 12.9. The van der Waals surface area contributed by atoms with E-state index in [2.05, 4.69) is 20.0 Å². The van der Waals surface area contributed by atoms with Gasteiger partial charge in [0.1, 0.15) is 5.82 Å². The van der Waals surface area contributed by atoms with Crippen LogP contribution in [0.3, 0.4) is 0 Å². The molecular weight excluding hydrogens is 412 g/mol. The van der Waals surface area contributed by atoms with E-state index in [1.807, 2.05) is 26.0 Å². The van der Waals surface area contributed by atoms with Crippen molar-refractivity contribution < 1.29 is 14.2 Å². The number of rotatable bonds is 5. The highest BCUT2D eigenvalue weighted by Crippen LogP contribution is 2.24. The number of aromatic nitrogens is 3. The summed E-state index contributed by atoms with van der Waals surface area (Å²) in [6.07, 6.45) is 1.72. The first kappa shape index (κ1) is 21.4. The molecule has 1 aliphatic heterocycles. The number of pyridine rings is 1. The first-order valence-electron chi connectivity index (χ1n) is 10.4. The van der Waals surface area contributed by atoms with E-state index in [1.54, 1.807) is 30.2 Å². The van der Waals surface area contributed by atoms with Crippen LogP contribution in [0.2, 0.25) is 0 Å². The van der Waals surface area contributed by atoms with Crippen molar-refractivity contribution in [3.63, 3.8) is 0 Å². The topological polar surface area (TPSA) is 119 Å². The van der Waals surface area contributed by atoms with Crippen molar-refractivity contribution in [2.45, 2.75) is 26.7 Å². The molecule has 0 bridgehead atoms. The van der Waals surface area contributed by atoms with Crippen molar-refractivity contribution in [2.24, 2.45) is 0 Å². The molecule has 3 aromatic rings. The van der Waals surface area contributed by atoms with Gasteiger partial charge in [-0.2, -0.15) is 4.98 Å². The quantitative estimate of drug-likeness (QED) is 0.441. The molecule has 0 spiro atoms. The van der Waals surface area contributed by atoms with Gasteiger partial charge < -0.3 is 14.3 Å². The third kappa shape index (κ3) is 4.16. The SMILES string of the molecule is Cc1c(C(=O)N2CCN(c3ccc(-c4noc(C(C)C)n4)cn3)CC2)cccc1[N+](=O)[O-]. The fourth-order valence-electron chi connectivity index (χ4n) is 3.65. The minimum absolute atomic E-state index is 0.0408. The summed E-state index contributed by atoms with van der Waals surface area (Å²) in [5.41, 5.74) is 1.50. The number of carbonyl (C=O) groups excluding carboxylic acids is 1. The average molecular weight is 436 g/mol. The van der Waals surface area contributed by atoms with Crippen LogP contribution in [-0.2, 0) is 0 Å². The van der Waals surface area contributed by atoms with Crippen LogP contribution in [0.4, 0.5) is 11.5 Å². The zero-order valence-corrected chi connectivity index (χ0v) is 18.2. The molecule has 0 unspecified atom stereocenters. The molecule has 1 fully saturated rings. The number of carbonyl (C=O) groups is 1. The molecule has 1 aliphatic rings. The Bertz CT molecular complexity index is 1130. The Morgan fingerprint density at radius 3 is 2.50 bits per heavy atom. The number of piperazine rings is 1. The molecule has 0 saturated carbocycles. The first-order valence-corrected chi connectivity index (χ1v) is 10.4. The molecule has 32 heavy (non-hydrogen) atoms. The van der Waals surface area contributed by atoms with Crippen LogP contribution in [0, 0.1) is 17.0 Å². The predicted molar refractivity (Wildman–Crippen MR) is 118 cm³/mol. The van der Waals surface area contributed by atoms with Crippen molar-refractivity contribution in [3.8, 4) is 11.4 Å². The van der Waals surface area contributed by atoms with Crippen LogP contribution in [0.25, 0.3) is 11.4 Å². The fraction of sp³-hybridized carbons (Fsp3) is 0.364. The van der Waals surface area contributed by atoms with Crippen molar-refractivity contribution in [1.29, 1.82) is 0 Å². The summed E-state index contributed by atoms with van der Waals surface area (Å²) in [6.45, 7) is 7.84. The number of nitro groups is 1. The molecule has 0 atom stereocenters. The number of nitrogens with zero attached hydrogens (tertiary/aromatic N) is 6. The van der Waals surface area contributed by atoms with Gasteiger partial charge in [0.05, 0.1) is 4.92 Å². The van der Waals surface area contributed by atoms with Gasteiger partial charge in [-0.3, -0.25) is 14.9 Å². The highest BCUT2D eigenvalue weighted by molar-refractivity contribution is 5.96. The van der Waals surface area contributed by atoms with Gasteiger partial charge >= 0.3 is 0 Å². The number of nitro benzene ring substituents is 1. The second-order valence-electron chi connectivity index (χ2n) is 8.00. The minimum Gasteiger partial charge on any atom is -0.353 e. The second kappa shape index (κ2) is 8.74. The zero-order chi connectivity index (χ0) is 22.8. The van der Waals surface area contributed by atoms with Gasteiger partial charge in [-0.1, -0.05) is 25.1 Å². The van der Waals surface area contributed by atoms with E-state index in [9.17, 15) is 14.9 Å². The monoisotopic (exact) mass is 436 g/mol. The molecular formula is C22H24N6O4. The Kier molecular flexibility index (Phi) is 5.85. The summed E-state index contributed by atoms with van der Waals surface area (Å²) in [5, 5.41) is 15.2. The molecule has 1 saturated heterocycles. The van der Waals surface area contributed by atoms with E-state index < -0.39 is 4.92 Å². The smallest absolute Gasteiger partial charge is 0.273 e. The lowest BCUT2D eigenvalue weighted by Gasteiger charge is -2.35. The van der Waals surface area contributed by atoms with E-state index in [4.69, 9.17) is 4.52 Å². The summed E-state index contributed by atoms with van der Waals surface area (Å²) in [7, 11) is 0. The van der Waals surface area contributed by atoms with Crippen molar-refractivity contribution in [2.75, 3.05) is 31.1 Å². The summed E-state index contributed by atoms with van der Waals surface area (Å²) < 4.78 is 5.25. The number of hydrogen-bond donors (Lipinski definition) is 0. The number of anilines is 1. The Morgan fingerprint density at radius 2 is 1.91 bits per heavy atom. The van der Waals surface area contributed by atoms with Gasteiger partial charge in [0.2, 0.25) is 11.7 Å². The Labute approximate surface area is 185 Å². The molecule has 3 heterocycles. The van der Waals surface area contributed by atoms with Crippen molar-refractivity contribution in [3.05, 3.63) is 63.7 Å². The second-order valence-corrected chi connectivity index (χ2v) is 8.00. The molecule has 10 heteroatoms. The molecule has 1 aromatic carbocycles. The number of hydrogen-bond acceptors (Lipinski definition) is 8. The van der Waals surface area contributed by atoms with E-state index in [-0.39, 0.29) is 17.5 Å². The first-order chi connectivity index (χ1) is 15.3. The van der Waals surface area contributed by atoms with E-state index in [1.165, 1.54) is 6.07 Å². The molecule has 1 amide bonds. The molecule has 10 nitrogen and oxygen atoms in total. The summed E-state index contributed by atoms with van der Waals surface area (Å²) >= 11 is 0. The molecule has 0 N–H and O–H groups in total. The number of amides is 1. The van der Waals surface area contributed by atoms with Crippen LogP contribution >= 0.6 is 0 Å². The predicted octanol–water partition coefficient (Wildman–Crippen LogP) is 3.43. The van der Waals surface area contributed by atoms with Crippen LogP contribution in [0.15, 0.2) is 41.1 Å². The van der Waals surface area contributed by atoms with Crippen molar-refractivity contribution >= 4 is 17.4 Å². The van der Waals surface area contributed by atoms with Crippen molar-refractivity contribution in [1.82, 2.24) is 20.0 Å². The third-order valence-electron chi connectivity index (χ3n) is 5.56. The minimum atomic E-state index is -0.461. The normalized spacial score (nSPS) is 14.1. The summed E-state index contributed by atoms with van der Waals surface area (Å²) in [6, 6.07) is 8.41. The summed E-state index contributed by atoms with van der Waals surface area (Å²) in [5.74, 6) is 1.87. The fourth-order valence-corrected chi connectivity index (χ4v) is 3.65. The molecule has 4 rings (SSSR count). The lowest BCUT2D eigenvalue weighted by Crippen LogP contribution is -2.49. The molecule has 0 radical (unpaired) electrons. The largest absolute Gasteiger partial charge is 0.353 e. The Hall–Kier alpha value is -3.82. The Morgan fingerprint density at radius 1 is 1.16 bits per heavy atom. The lowest BCUT2D eigenvalue weighted by atomic mass is 10.1. The molecule has 2 aromatic heterocycles. The van der Waals surface area contributed by atoms with E-state index in [0.29, 0.717) is 49.0 Å². The molecule has 166 valence electrons. The molecule has 0 aliphatic carbocycles. The maximum absolute atomic E-state index is 12.9. The van der Waals surface area contributed by atoms with E-state index in [0.717, 1.165) is 11.4 Å². The van der Waals surface area contributed by atoms with Gasteiger partial charge in [0.15, 0.2) is 0 Å².